The smallest absolute Gasteiger partial charge is 0.343 e. The van der Waals surface area contributed by atoms with Crippen LogP contribution in [0.5, 0.6) is 5.75 Å². The lowest BCUT2D eigenvalue weighted by molar-refractivity contribution is -0.142. The van der Waals surface area contributed by atoms with Crippen molar-refractivity contribution in [3.05, 3.63) is 39.7 Å². The normalized spacial score (nSPS) is 10.6. The third kappa shape index (κ3) is 2.82. The molecule has 0 radical (unpaired) electrons. The molecule has 1 aromatic heterocycles. The van der Waals surface area contributed by atoms with E-state index in [4.69, 9.17) is 9.15 Å². The summed E-state index contributed by atoms with van der Waals surface area (Å²) in [6, 6.07) is 5.02. The maximum absolute atomic E-state index is 11.4. The molecule has 2 rings (SSSR count). The second kappa shape index (κ2) is 5.77. The van der Waals surface area contributed by atoms with E-state index in [0.717, 1.165) is 22.9 Å². The van der Waals surface area contributed by atoms with Crippen LogP contribution >= 0.6 is 0 Å². The number of esters is 1. The van der Waals surface area contributed by atoms with Gasteiger partial charge in [0, 0.05) is 17.5 Å². The van der Waals surface area contributed by atoms with E-state index in [0.29, 0.717) is 11.3 Å². The average molecular weight is 276 g/mol. The van der Waals surface area contributed by atoms with E-state index in [-0.39, 0.29) is 6.61 Å². The van der Waals surface area contributed by atoms with Crippen LogP contribution in [0.1, 0.15) is 18.1 Å². The first kappa shape index (κ1) is 14.1. The lowest BCUT2D eigenvalue weighted by Gasteiger charge is -2.11. The average Bonchev–Trinajstić information content (AvgIpc) is 2.43. The number of hydrogen-bond acceptors (Lipinski definition) is 5. The van der Waals surface area contributed by atoms with Crippen LogP contribution in [0, 0.1) is 6.92 Å². The molecule has 0 saturated carbocycles. The maximum atomic E-state index is 11.4. The largest absolute Gasteiger partial charge is 0.481 e. The van der Waals surface area contributed by atoms with E-state index < -0.39 is 11.6 Å². The third-order valence-corrected chi connectivity index (χ3v) is 3.09. The number of ether oxygens (including phenoxy) is 2. The Labute approximate surface area is 116 Å². The molecular formula is C15H16O5. The van der Waals surface area contributed by atoms with Crippen molar-refractivity contribution in [3.63, 3.8) is 0 Å². The van der Waals surface area contributed by atoms with E-state index >= 15 is 0 Å². The molecule has 0 unspecified atom stereocenters. The van der Waals surface area contributed by atoms with Gasteiger partial charge < -0.3 is 13.9 Å². The summed E-state index contributed by atoms with van der Waals surface area (Å²) in [5, 5.41) is 0.867. The van der Waals surface area contributed by atoms with Crippen LogP contribution in [0.25, 0.3) is 11.0 Å². The van der Waals surface area contributed by atoms with Crippen molar-refractivity contribution in [2.24, 2.45) is 0 Å². The quantitative estimate of drug-likeness (QED) is 0.632. The molecule has 2 aromatic rings. The van der Waals surface area contributed by atoms with Gasteiger partial charge in [-0.2, -0.15) is 0 Å². The Morgan fingerprint density at radius 3 is 2.70 bits per heavy atom. The van der Waals surface area contributed by atoms with Crippen molar-refractivity contribution in [2.75, 3.05) is 13.7 Å². The molecular weight excluding hydrogens is 260 g/mol. The molecule has 0 saturated heterocycles. The third-order valence-electron chi connectivity index (χ3n) is 3.09. The summed E-state index contributed by atoms with van der Waals surface area (Å²) in [5.41, 5.74) is 1.84. The van der Waals surface area contributed by atoms with Crippen molar-refractivity contribution in [3.8, 4) is 5.75 Å². The first-order valence-electron chi connectivity index (χ1n) is 6.32. The van der Waals surface area contributed by atoms with E-state index in [9.17, 15) is 9.59 Å². The Bertz CT molecular complexity index is 699. The molecule has 0 amide bonds. The van der Waals surface area contributed by atoms with Crippen molar-refractivity contribution >= 4 is 16.9 Å². The number of hydrogen-bond donors (Lipinski definition) is 0. The highest BCUT2D eigenvalue weighted by molar-refractivity contribution is 5.82. The van der Waals surface area contributed by atoms with Gasteiger partial charge in [-0.3, -0.25) is 0 Å². The molecule has 1 heterocycles. The Morgan fingerprint density at radius 1 is 1.30 bits per heavy atom. The summed E-state index contributed by atoms with van der Waals surface area (Å²) in [5.74, 6) is 0.0667. The highest BCUT2D eigenvalue weighted by atomic mass is 16.6. The molecule has 0 spiro atoms. The van der Waals surface area contributed by atoms with Gasteiger partial charge in [-0.15, -0.1) is 0 Å². The lowest BCUT2D eigenvalue weighted by atomic mass is 10.1. The molecule has 1 aromatic carbocycles. The Morgan fingerprint density at radius 2 is 2.05 bits per heavy atom. The van der Waals surface area contributed by atoms with Gasteiger partial charge in [0.25, 0.3) is 0 Å². The molecule has 20 heavy (non-hydrogen) atoms. The molecule has 0 atom stereocenters. The molecule has 106 valence electrons. The number of carbonyl (C=O) groups excluding carboxylic acids is 1. The fraction of sp³-hybridized carbons (Fsp3) is 0.333. The van der Waals surface area contributed by atoms with Crippen LogP contribution in [0.15, 0.2) is 27.4 Å². The summed E-state index contributed by atoms with van der Waals surface area (Å²) in [6.45, 7) is 3.67. The van der Waals surface area contributed by atoms with Crippen molar-refractivity contribution in [2.45, 2.75) is 20.3 Å². The van der Waals surface area contributed by atoms with E-state index in [2.05, 4.69) is 4.74 Å². The zero-order valence-electron chi connectivity index (χ0n) is 11.7. The van der Waals surface area contributed by atoms with Crippen LogP contribution in [0.2, 0.25) is 0 Å². The summed E-state index contributed by atoms with van der Waals surface area (Å²) >= 11 is 0. The summed E-state index contributed by atoms with van der Waals surface area (Å²) in [6.07, 6.45) is 0.741. The van der Waals surface area contributed by atoms with Crippen molar-refractivity contribution in [1.82, 2.24) is 0 Å². The van der Waals surface area contributed by atoms with Crippen molar-refractivity contribution in [1.29, 1.82) is 0 Å². The maximum Gasteiger partial charge on any atom is 0.343 e. The predicted molar refractivity (Wildman–Crippen MR) is 74.1 cm³/mol. The van der Waals surface area contributed by atoms with Crippen LogP contribution in [-0.2, 0) is 16.0 Å². The van der Waals surface area contributed by atoms with Gasteiger partial charge in [-0.25, -0.2) is 9.59 Å². The Kier molecular flexibility index (Phi) is 4.08. The van der Waals surface area contributed by atoms with Gasteiger partial charge in [0.15, 0.2) is 6.61 Å². The van der Waals surface area contributed by atoms with Gasteiger partial charge in [-0.1, -0.05) is 6.92 Å². The minimum absolute atomic E-state index is 0.176. The number of carbonyl (C=O) groups is 1. The minimum atomic E-state index is -0.460. The van der Waals surface area contributed by atoms with E-state index in [1.807, 2.05) is 19.9 Å². The number of benzene rings is 1. The zero-order valence-corrected chi connectivity index (χ0v) is 11.7. The molecule has 5 nitrogen and oxygen atoms in total. The Hall–Kier alpha value is -2.30. The van der Waals surface area contributed by atoms with Crippen molar-refractivity contribution < 1.29 is 18.7 Å². The molecule has 0 fully saturated rings. The first-order valence-corrected chi connectivity index (χ1v) is 6.32. The van der Waals surface area contributed by atoms with Crippen LogP contribution in [-0.4, -0.2) is 19.7 Å². The summed E-state index contributed by atoms with van der Waals surface area (Å²) < 4.78 is 15.1. The molecule has 0 aliphatic heterocycles. The number of methoxy groups -OCH3 is 1. The lowest BCUT2D eigenvalue weighted by Crippen LogP contribution is -2.13. The summed E-state index contributed by atoms with van der Waals surface area (Å²) in [4.78, 5) is 22.5. The van der Waals surface area contributed by atoms with Gasteiger partial charge in [0.1, 0.15) is 11.3 Å². The second-order valence-electron chi connectivity index (χ2n) is 4.42. The fourth-order valence-corrected chi connectivity index (χ4v) is 2.00. The van der Waals surface area contributed by atoms with Crippen LogP contribution in [0.3, 0.4) is 0 Å². The van der Waals surface area contributed by atoms with Crippen LogP contribution in [0.4, 0.5) is 0 Å². The molecule has 0 bridgehead atoms. The standard InChI is InChI=1S/C15H16O5/c1-4-10-6-11-9(2)5-14(16)20-13(11)7-12(10)19-8-15(17)18-3/h5-7H,4,8H2,1-3H3. The fourth-order valence-electron chi connectivity index (χ4n) is 2.00. The van der Waals surface area contributed by atoms with Crippen LogP contribution < -0.4 is 10.4 Å². The second-order valence-corrected chi connectivity index (χ2v) is 4.42. The predicted octanol–water partition coefficient (Wildman–Crippen LogP) is 2.22. The molecule has 0 aliphatic rings. The highest BCUT2D eigenvalue weighted by Crippen LogP contribution is 2.27. The monoisotopic (exact) mass is 276 g/mol. The summed E-state index contributed by atoms with van der Waals surface area (Å²) in [7, 11) is 1.30. The first-order chi connectivity index (χ1) is 9.55. The van der Waals surface area contributed by atoms with Gasteiger partial charge in [0.2, 0.25) is 0 Å². The minimum Gasteiger partial charge on any atom is -0.481 e. The topological polar surface area (TPSA) is 65.7 Å². The zero-order chi connectivity index (χ0) is 14.7. The SMILES string of the molecule is CCc1cc2c(C)cc(=O)oc2cc1OCC(=O)OC. The van der Waals surface area contributed by atoms with Gasteiger partial charge in [-0.05, 0) is 30.5 Å². The molecule has 5 heteroatoms. The Balaban J connectivity index is 2.48. The number of aryl methyl sites for hydroxylation is 2. The van der Waals surface area contributed by atoms with Gasteiger partial charge >= 0.3 is 11.6 Å². The number of rotatable bonds is 4. The van der Waals surface area contributed by atoms with E-state index in [1.165, 1.54) is 13.2 Å². The molecule has 0 aliphatic carbocycles. The molecule has 0 N–H and O–H groups in total. The van der Waals surface area contributed by atoms with E-state index in [1.54, 1.807) is 6.07 Å². The number of fused-ring (bicyclic) bond motifs is 1. The highest BCUT2D eigenvalue weighted by Gasteiger charge is 2.11. The van der Waals surface area contributed by atoms with Gasteiger partial charge in [0.05, 0.1) is 7.11 Å².